The normalized spacial score (nSPS) is 25.8. The number of halogens is 4. The number of benzene rings is 1. The van der Waals surface area contributed by atoms with Crippen LogP contribution in [0.15, 0.2) is 41.5 Å². The predicted molar refractivity (Wildman–Crippen MR) is 109 cm³/mol. The van der Waals surface area contributed by atoms with Gasteiger partial charge in [0, 0.05) is 23.4 Å². The highest BCUT2D eigenvalue weighted by molar-refractivity contribution is 8.13. The molecule has 4 rings (SSSR count). The lowest BCUT2D eigenvalue weighted by atomic mass is 9.78. The lowest BCUT2D eigenvalue weighted by Crippen LogP contribution is -2.43. The first-order valence-electron chi connectivity index (χ1n) is 9.25. The molecule has 31 heavy (non-hydrogen) atoms. The molecule has 1 saturated heterocycles. The number of aromatic nitrogens is 1. The molecule has 160 valence electrons. The van der Waals surface area contributed by atoms with E-state index >= 15 is 0 Å². The topological polar surface area (TPSA) is 84.3 Å². The van der Waals surface area contributed by atoms with Crippen LogP contribution in [-0.4, -0.2) is 35.0 Å². The quantitative estimate of drug-likeness (QED) is 0.712. The van der Waals surface area contributed by atoms with Gasteiger partial charge in [0.05, 0.1) is 17.9 Å². The standard InChI is InChI=1S/C21H16F4N4OS/c22-15-3-1-11(6-16(23)17-4-2-12(7-26)8-28-17)5-13(15)21-10-30-18(19(24)25)14(21)9-31-20(27)29-21/h1-6,8,14,18-19H,9-10H2,(H2,27,29)/b16-6-. The molecule has 0 spiro atoms. The van der Waals surface area contributed by atoms with Crippen molar-refractivity contribution in [2.45, 2.75) is 18.1 Å². The highest BCUT2D eigenvalue weighted by Crippen LogP contribution is 2.49. The fourth-order valence-corrected chi connectivity index (χ4v) is 4.89. The van der Waals surface area contributed by atoms with E-state index in [9.17, 15) is 17.6 Å². The summed E-state index contributed by atoms with van der Waals surface area (Å²) in [4.78, 5) is 8.22. The van der Waals surface area contributed by atoms with E-state index in [1.807, 2.05) is 6.07 Å². The maximum Gasteiger partial charge on any atom is 0.264 e. The van der Waals surface area contributed by atoms with Crippen molar-refractivity contribution in [3.05, 3.63) is 64.7 Å². The minimum absolute atomic E-state index is 0.000731. The second kappa shape index (κ2) is 8.32. The molecule has 3 unspecified atom stereocenters. The molecule has 3 heterocycles. The number of fused-ring (bicyclic) bond motifs is 1. The lowest BCUT2D eigenvalue weighted by molar-refractivity contribution is -0.0359. The number of aliphatic imine (C=N–C) groups is 1. The van der Waals surface area contributed by atoms with Crippen LogP contribution in [0.1, 0.15) is 22.4 Å². The van der Waals surface area contributed by atoms with E-state index in [2.05, 4.69) is 9.98 Å². The van der Waals surface area contributed by atoms with Crippen LogP contribution >= 0.6 is 11.8 Å². The molecule has 0 amide bonds. The Morgan fingerprint density at radius 3 is 2.84 bits per heavy atom. The third-order valence-electron chi connectivity index (χ3n) is 5.36. The maximum atomic E-state index is 14.9. The van der Waals surface area contributed by atoms with Gasteiger partial charge in [-0.05, 0) is 35.9 Å². The fourth-order valence-electron chi connectivity index (χ4n) is 3.84. The molecule has 2 aliphatic rings. The van der Waals surface area contributed by atoms with Crippen molar-refractivity contribution in [3.8, 4) is 6.07 Å². The van der Waals surface area contributed by atoms with Gasteiger partial charge in [0.2, 0.25) is 0 Å². The van der Waals surface area contributed by atoms with Crippen LogP contribution in [0, 0.1) is 23.1 Å². The van der Waals surface area contributed by atoms with Crippen molar-refractivity contribution in [3.63, 3.8) is 0 Å². The molecule has 0 aliphatic carbocycles. The van der Waals surface area contributed by atoms with Gasteiger partial charge in [0.1, 0.15) is 29.4 Å². The molecule has 5 nitrogen and oxygen atoms in total. The van der Waals surface area contributed by atoms with E-state index in [1.54, 1.807) is 0 Å². The first-order chi connectivity index (χ1) is 14.8. The van der Waals surface area contributed by atoms with E-state index in [1.165, 1.54) is 30.5 Å². The Hall–Kier alpha value is -2.90. The van der Waals surface area contributed by atoms with Gasteiger partial charge in [-0.2, -0.15) is 5.26 Å². The van der Waals surface area contributed by atoms with Crippen LogP contribution in [-0.2, 0) is 10.3 Å². The Labute approximate surface area is 179 Å². The second-order valence-electron chi connectivity index (χ2n) is 7.18. The number of ether oxygens (including phenoxy) is 1. The molecule has 2 aromatic rings. The largest absolute Gasteiger partial charge is 0.379 e. The van der Waals surface area contributed by atoms with Crippen LogP contribution in [0.3, 0.4) is 0 Å². The van der Waals surface area contributed by atoms with Crippen molar-refractivity contribution in [2.24, 2.45) is 16.6 Å². The van der Waals surface area contributed by atoms with Crippen LogP contribution < -0.4 is 5.73 Å². The molecule has 1 fully saturated rings. The number of hydrogen-bond donors (Lipinski definition) is 1. The zero-order chi connectivity index (χ0) is 22.2. The van der Waals surface area contributed by atoms with Gasteiger partial charge >= 0.3 is 0 Å². The summed E-state index contributed by atoms with van der Waals surface area (Å²) in [7, 11) is 0. The average molecular weight is 448 g/mol. The van der Waals surface area contributed by atoms with E-state index in [0.717, 1.165) is 23.9 Å². The number of alkyl halides is 2. The number of nitrogens with two attached hydrogens (primary N) is 1. The number of nitrogens with zero attached hydrogens (tertiary/aromatic N) is 3. The molecule has 2 aliphatic heterocycles. The van der Waals surface area contributed by atoms with Crippen molar-refractivity contribution in [2.75, 3.05) is 12.4 Å². The molecular formula is C21H16F4N4OS. The summed E-state index contributed by atoms with van der Waals surface area (Å²) in [5.41, 5.74) is 5.04. The average Bonchev–Trinajstić information content (AvgIpc) is 3.14. The zero-order valence-corrected chi connectivity index (χ0v) is 16.8. The van der Waals surface area contributed by atoms with Crippen LogP contribution in [0.5, 0.6) is 0 Å². The summed E-state index contributed by atoms with van der Waals surface area (Å²) in [5, 5.41) is 8.97. The highest BCUT2D eigenvalue weighted by atomic mass is 32.2. The third kappa shape index (κ3) is 3.91. The number of amidine groups is 1. The molecule has 10 heteroatoms. The zero-order valence-electron chi connectivity index (χ0n) is 15.9. The van der Waals surface area contributed by atoms with Crippen molar-refractivity contribution in [1.29, 1.82) is 5.26 Å². The smallest absolute Gasteiger partial charge is 0.264 e. The van der Waals surface area contributed by atoms with Gasteiger partial charge < -0.3 is 10.5 Å². The van der Waals surface area contributed by atoms with E-state index in [0.29, 0.717) is 5.56 Å². The summed E-state index contributed by atoms with van der Waals surface area (Å²) in [6, 6.07) is 8.53. The Bertz CT molecular complexity index is 1100. The Balaban J connectivity index is 1.75. The van der Waals surface area contributed by atoms with Gasteiger partial charge in [-0.3, -0.25) is 4.98 Å². The molecular weight excluding hydrogens is 432 g/mol. The minimum Gasteiger partial charge on any atom is -0.379 e. The molecule has 1 aromatic heterocycles. The SMILES string of the molecule is N#Cc1ccc(/C(F)=C/c2ccc(F)c(C34COC(C(F)F)C3CSC(N)=N4)c2)nc1. The van der Waals surface area contributed by atoms with E-state index in [4.69, 9.17) is 15.7 Å². The van der Waals surface area contributed by atoms with Crippen LogP contribution in [0.4, 0.5) is 17.6 Å². The summed E-state index contributed by atoms with van der Waals surface area (Å²) in [5.74, 6) is -1.95. The Morgan fingerprint density at radius 2 is 2.16 bits per heavy atom. The van der Waals surface area contributed by atoms with Crippen LogP contribution in [0.25, 0.3) is 11.9 Å². The Morgan fingerprint density at radius 1 is 1.35 bits per heavy atom. The van der Waals surface area contributed by atoms with Gasteiger partial charge in [-0.1, -0.05) is 17.8 Å². The van der Waals surface area contributed by atoms with Gasteiger partial charge in [-0.25, -0.2) is 22.6 Å². The summed E-state index contributed by atoms with van der Waals surface area (Å²) >= 11 is 1.12. The molecule has 1 aromatic carbocycles. The van der Waals surface area contributed by atoms with E-state index in [-0.39, 0.29) is 34.3 Å². The molecule has 0 radical (unpaired) electrons. The number of hydrogen-bond acceptors (Lipinski definition) is 6. The minimum atomic E-state index is -2.76. The van der Waals surface area contributed by atoms with E-state index < -0.39 is 35.6 Å². The first kappa shape index (κ1) is 21.3. The third-order valence-corrected chi connectivity index (χ3v) is 6.27. The van der Waals surface area contributed by atoms with Crippen molar-refractivity contribution >= 4 is 28.8 Å². The van der Waals surface area contributed by atoms with Gasteiger partial charge in [0.15, 0.2) is 5.17 Å². The summed E-state index contributed by atoms with van der Waals surface area (Å²) < 4.78 is 61.8. The molecule has 2 N–H and O–H groups in total. The van der Waals surface area contributed by atoms with Gasteiger partial charge in [-0.15, -0.1) is 0 Å². The molecule has 0 bridgehead atoms. The van der Waals surface area contributed by atoms with Gasteiger partial charge in [0.25, 0.3) is 6.43 Å². The Kier molecular flexibility index (Phi) is 5.73. The highest BCUT2D eigenvalue weighted by Gasteiger charge is 2.56. The van der Waals surface area contributed by atoms with Crippen LogP contribution in [0.2, 0.25) is 0 Å². The maximum absolute atomic E-state index is 14.9. The van der Waals surface area contributed by atoms with Crippen molar-refractivity contribution in [1.82, 2.24) is 4.98 Å². The summed E-state index contributed by atoms with van der Waals surface area (Å²) in [6.07, 6.45) is -1.77. The fraction of sp³-hybridized carbons (Fsp3) is 0.286. The lowest BCUT2D eigenvalue weighted by Gasteiger charge is -2.35. The molecule has 3 atom stereocenters. The monoisotopic (exact) mass is 448 g/mol. The van der Waals surface area contributed by atoms with Crippen molar-refractivity contribution < 1.29 is 22.3 Å². The second-order valence-corrected chi connectivity index (χ2v) is 8.22. The molecule has 0 saturated carbocycles. The number of thioether (sulfide) groups is 1. The number of nitriles is 1. The predicted octanol–water partition coefficient (Wildman–Crippen LogP) is 4.10. The first-order valence-corrected chi connectivity index (χ1v) is 10.2. The summed E-state index contributed by atoms with van der Waals surface area (Å²) in [6.45, 7) is -0.252. The number of pyridine rings is 1. The number of rotatable bonds is 4.